The lowest BCUT2D eigenvalue weighted by atomic mass is 9.84. The highest BCUT2D eigenvalue weighted by Gasteiger charge is 2.31. The predicted molar refractivity (Wildman–Crippen MR) is 88.3 cm³/mol. The molecule has 1 heterocycles. The quantitative estimate of drug-likeness (QED) is 0.744. The van der Waals surface area contributed by atoms with Crippen molar-refractivity contribution in [3.8, 4) is 0 Å². The van der Waals surface area contributed by atoms with Crippen LogP contribution in [0.2, 0.25) is 0 Å². The number of nitrogens with zero attached hydrogens (tertiary/aromatic N) is 1. The largest absolute Gasteiger partial charge is 0.468 e. The van der Waals surface area contributed by atoms with Gasteiger partial charge in [0.2, 0.25) is 0 Å². The smallest absolute Gasteiger partial charge is 0.117 e. The van der Waals surface area contributed by atoms with Crippen molar-refractivity contribution in [2.45, 2.75) is 72.0 Å². The minimum absolute atomic E-state index is 0.315. The van der Waals surface area contributed by atoms with Crippen LogP contribution < -0.4 is 5.32 Å². The standard InChI is InChI=1S/C18H32N2O/c1-5-11-19-17(18(2,3)4)10-12-20(15-8-9-15)14-16-7-6-13-21-16/h6-7,13,15,17,19H,5,8-12,14H2,1-4H3. The van der Waals surface area contributed by atoms with Crippen LogP contribution in [-0.4, -0.2) is 30.1 Å². The fourth-order valence-corrected chi connectivity index (χ4v) is 2.89. The molecule has 2 rings (SSSR count). The fourth-order valence-electron chi connectivity index (χ4n) is 2.89. The first-order chi connectivity index (χ1) is 10.0. The van der Waals surface area contributed by atoms with Gasteiger partial charge in [-0.25, -0.2) is 0 Å². The second kappa shape index (κ2) is 7.46. The SMILES string of the molecule is CCCNC(CCN(Cc1ccco1)C1CC1)C(C)(C)C. The van der Waals surface area contributed by atoms with Gasteiger partial charge < -0.3 is 9.73 Å². The van der Waals surface area contributed by atoms with Gasteiger partial charge in [0.1, 0.15) is 5.76 Å². The van der Waals surface area contributed by atoms with E-state index < -0.39 is 0 Å². The molecular formula is C18H32N2O. The van der Waals surface area contributed by atoms with Gasteiger partial charge in [-0.3, -0.25) is 4.90 Å². The third kappa shape index (κ3) is 5.48. The second-order valence-corrected chi connectivity index (χ2v) is 7.44. The first-order valence-corrected chi connectivity index (χ1v) is 8.50. The molecule has 0 aromatic carbocycles. The maximum Gasteiger partial charge on any atom is 0.117 e. The van der Waals surface area contributed by atoms with Crippen molar-refractivity contribution in [1.82, 2.24) is 10.2 Å². The van der Waals surface area contributed by atoms with E-state index in [4.69, 9.17) is 4.42 Å². The zero-order valence-corrected chi connectivity index (χ0v) is 14.2. The Balaban J connectivity index is 1.87. The highest BCUT2D eigenvalue weighted by Crippen LogP contribution is 2.30. The Morgan fingerprint density at radius 1 is 1.38 bits per heavy atom. The van der Waals surface area contributed by atoms with Crippen LogP contribution in [0.1, 0.15) is 59.1 Å². The van der Waals surface area contributed by atoms with Gasteiger partial charge in [-0.1, -0.05) is 27.7 Å². The van der Waals surface area contributed by atoms with Gasteiger partial charge in [0.25, 0.3) is 0 Å². The molecule has 0 aliphatic heterocycles. The van der Waals surface area contributed by atoms with Gasteiger partial charge in [-0.15, -0.1) is 0 Å². The van der Waals surface area contributed by atoms with E-state index in [0.717, 1.165) is 31.4 Å². The average Bonchev–Trinajstić information content (AvgIpc) is 3.14. The highest BCUT2D eigenvalue weighted by atomic mass is 16.3. The van der Waals surface area contributed by atoms with Crippen LogP contribution >= 0.6 is 0 Å². The summed E-state index contributed by atoms with van der Waals surface area (Å²) in [6.07, 6.45) is 6.89. The highest BCUT2D eigenvalue weighted by molar-refractivity contribution is 5.00. The van der Waals surface area contributed by atoms with E-state index >= 15 is 0 Å². The van der Waals surface area contributed by atoms with Crippen molar-refractivity contribution in [2.24, 2.45) is 5.41 Å². The third-order valence-corrected chi connectivity index (χ3v) is 4.39. The van der Waals surface area contributed by atoms with Crippen LogP contribution in [0, 0.1) is 5.41 Å². The normalized spacial score (nSPS) is 17.4. The molecule has 3 nitrogen and oxygen atoms in total. The monoisotopic (exact) mass is 292 g/mol. The molecule has 0 bridgehead atoms. The van der Waals surface area contributed by atoms with Crippen molar-refractivity contribution in [3.05, 3.63) is 24.2 Å². The van der Waals surface area contributed by atoms with E-state index in [-0.39, 0.29) is 0 Å². The van der Waals surface area contributed by atoms with Crippen molar-refractivity contribution in [3.63, 3.8) is 0 Å². The Bertz CT molecular complexity index is 390. The lowest BCUT2D eigenvalue weighted by Crippen LogP contribution is -2.43. The molecule has 1 saturated carbocycles. The summed E-state index contributed by atoms with van der Waals surface area (Å²) >= 11 is 0. The maximum absolute atomic E-state index is 5.52. The van der Waals surface area contributed by atoms with Gasteiger partial charge in [0.05, 0.1) is 12.8 Å². The molecule has 1 N–H and O–H groups in total. The Labute approximate surface area is 130 Å². The predicted octanol–water partition coefficient (Wildman–Crippen LogP) is 4.05. The summed E-state index contributed by atoms with van der Waals surface area (Å²) < 4.78 is 5.52. The van der Waals surface area contributed by atoms with Crippen LogP contribution in [0.3, 0.4) is 0 Å². The zero-order chi connectivity index (χ0) is 15.3. The van der Waals surface area contributed by atoms with E-state index in [1.54, 1.807) is 6.26 Å². The molecular weight excluding hydrogens is 260 g/mol. The van der Waals surface area contributed by atoms with Gasteiger partial charge in [-0.2, -0.15) is 0 Å². The van der Waals surface area contributed by atoms with Crippen LogP contribution in [0.5, 0.6) is 0 Å². The minimum atomic E-state index is 0.315. The lowest BCUT2D eigenvalue weighted by Gasteiger charge is -2.33. The van der Waals surface area contributed by atoms with E-state index in [0.29, 0.717) is 11.5 Å². The Hall–Kier alpha value is -0.800. The van der Waals surface area contributed by atoms with E-state index in [9.17, 15) is 0 Å². The first kappa shape index (κ1) is 16.6. The second-order valence-electron chi connectivity index (χ2n) is 7.44. The Kier molecular flexibility index (Phi) is 5.88. The summed E-state index contributed by atoms with van der Waals surface area (Å²) in [6, 6.07) is 5.44. The molecule has 120 valence electrons. The van der Waals surface area contributed by atoms with E-state index in [2.05, 4.69) is 44.0 Å². The molecule has 1 aromatic heterocycles. The molecule has 0 saturated heterocycles. The molecule has 0 amide bonds. The lowest BCUT2D eigenvalue weighted by molar-refractivity contribution is 0.185. The summed E-state index contributed by atoms with van der Waals surface area (Å²) in [6.45, 7) is 12.5. The summed E-state index contributed by atoms with van der Waals surface area (Å²) in [4.78, 5) is 2.60. The van der Waals surface area contributed by atoms with Gasteiger partial charge >= 0.3 is 0 Å². The third-order valence-electron chi connectivity index (χ3n) is 4.39. The summed E-state index contributed by atoms with van der Waals surface area (Å²) in [7, 11) is 0. The number of hydrogen-bond acceptors (Lipinski definition) is 3. The van der Waals surface area contributed by atoms with Crippen molar-refractivity contribution in [2.75, 3.05) is 13.1 Å². The molecule has 0 spiro atoms. The minimum Gasteiger partial charge on any atom is -0.468 e. The number of furan rings is 1. The maximum atomic E-state index is 5.52. The van der Waals surface area contributed by atoms with Crippen molar-refractivity contribution < 1.29 is 4.42 Å². The van der Waals surface area contributed by atoms with Crippen molar-refractivity contribution >= 4 is 0 Å². The zero-order valence-electron chi connectivity index (χ0n) is 14.2. The molecule has 1 aliphatic rings. The van der Waals surface area contributed by atoms with Gasteiger partial charge in [0, 0.05) is 18.6 Å². The van der Waals surface area contributed by atoms with Crippen molar-refractivity contribution in [1.29, 1.82) is 0 Å². The number of nitrogens with one attached hydrogen (secondary N) is 1. The summed E-state index contributed by atoms with van der Waals surface area (Å²) in [5.41, 5.74) is 0.315. The molecule has 1 fully saturated rings. The van der Waals surface area contributed by atoms with E-state index in [1.807, 2.05) is 6.07 Å². The van der Waals surface area contributed by atoms with Crippen LogP contribution in [0.4, 0.5) is 0 Å². The number of hydrogen-bond donors (Lipinski definition) is 1. The fraction of sp³-hybridized carbons (Fsp3) is 0.778. The molecule has 1 unspecified atom stereocenters. The van der Waals surface area contributed by atoms with Gasteiger partial charge in [0.15, 0.2) is 0 Å². The molecule has 0 radical (unpaired) electrons. The molecule has 3 heteroatoms. The van der Waals surface area contributed by atoms with Crippen LogP contribution in [0.15, 0.2) is 22.8 Å². The number of rotatable bonds is 9. The van der Waals surface area contributed by atoms with Crippen LogP contribution in [0.25, 0.3) is 0 Å². The average molecular weight is 292 g/mol. The molecule has 1 aliphatic carbocycles. The molecule has 21 heavy (non-hydrogen) atoms. The molecule has 1 atom stereocenters. The topological polar surface area (TPSA) is 28.4 Å². The first-order valence-electron chi connectivity index (χ1n) is 8.50. The van der Waals surface area contributed by atoms with Gasteiger partial charge in [-0.05, 0) is 49.8 Å². The molecule has 1 aromatic rings. The summed E-state index contributed by atoms with van der Waals surface area (Å²) in [5.74, 6) is 1.09. The Morgan fingerprint density at radius 2 is 2.14 bits per heavy atom. The summed E-state index contributed by atoms with van der Waals surface area (Å²) in [5, 5.41) is 3.73. The van der Waals surface area contributed by atoms with Crippen LogP contribution in [-0.2, 0) is 6.54 Å². The Morgan fingerprint density at radius 3 is 2.67 bits per heavy atom. The van der Waals surface area contributed by atoms with E-state index in [1.165, 1.54) is 25.7 Å².